The van der Waals surface area contributed by atoms with E-state index in [1.54, 1.807) is 63.6 Å². The van der Waals surface area contributed by atoms with Crippen molar-refractivity contribution in [3.05, 3.63) is 59.7 Å². The van der Waals surface area contributed by atoms with E-state index in [1.165, 1.54) is 0 Å². The predicted molar refractivity (Wildman–Crippen MR) is 97.3 cm³/mol. The number of amides is 1. The molecule has 3 aromatic rings. The topological polar surface area (TPSA) is 95.7 Å². The van der Waals surface area contributed by atoms with Crippen molar-refractivity contribution in [3.63, 3.8) is 0 Å². The molecule has 1 aromatic heterocycles. The fourth-order valence-electron chi connectivity index (χ4n) is 2.33. The van der Waals surface area contributed by atoms with Gasteiger partial charge in [-0.15, -0.1) is 0 Å². The van der Waals surface area contributed by atoms with Crippen LogP contribution in [0.3, 0.4) is 0 Å². The highest BCUT2D eigenvalue weighted by Gasteiger charge is 2.09. The number of carbonyl (C=O) groups excluding carboxylic acids is 1. The standard InChI is InChI=1S/C19H19N3O5/c1-12-20-18(22-27-12)11-26-15-6-4-13(5-7-15)19(23)21-14-8-16(24-2)10-17(9-14)25-3/h4-10H,11H2,1-3H3,(H,21,23). The molecular formula is C19H19N3O5. The Hall–Kier alpha value is -3.55. The first-order valence-electron chi connectivity index (χ1n) is 8.14. The number of methoxy groups -OCH3 is 2. The molecule has 0 spiro atoms. The van der Waals surface area contributed by atoms with Crippen LogP contribution in [0.2, 0.25) is 0 Å². The van der Waals surface area contributed by atoms with Gasteiger partial charge in [0.2, 0.25) is 11.7 Å². The molecule has 1 amide bonds. The van der Waals surface area contributed by atoms with E-state index in [1.807, 2.05) is 0 Å². The van der Waals surface area contributed by atoms with Crippen LogP contribution >= 0.6 is 0 Å². The van der Waals surface area contributed by atoms with Crippen molar-refractivity contribution in [1.82, 2.24) is 10.1 Å². The number of aryl methyl sites for hydroxylation is 1. The van der Waals surface area contributed by atoms with Crippen LogP contribution in [0, 0.1) is 6.92 Å². The quantitative estimate of drug-likeness (QED) is 0.683. The van der Waals surface area contributed by atoms with Gasteiger partial charge >= 0.3 is 0 Å². The lowest BCUT2D eigenvalue weighted by molar-refractivity contribution is 0.102. The van der Waals surface area contributed by atoms with Crippen molar-refractivity contribution in [2.24, 2.45) is 0 Å². The maximum atomic E-state index is 12.4. The summed E-state index contributed by atoms with van der Waals surface area (Å²) in [6.45, 7) is 1.90. The predicted octanol–water partition coefficient (Wildman–Crippen LogP) is 3.23. The summed E-state index contributed by atoms with van der Waals surface area (Å²) in [4.78, 5) is 16.5. The Morgan fingerprint density at radius 2 is 1.70 bits per heavy atom. The first-order valence-corrected chi connectivity index (χ1v) is 8.14. The van der Waals surface area contributed by atoms with Crippen LogP contribution in [0.5, 0.6) is 17.2 Å². The highest BCUT2D eigenvalue weighted by atomic mass is 16.5. The summed E-state index contributed by atoms with van der Waals surface area (Å²) in [5.74, 6) is 2.45. The van der Waals surface area contributed by atoms with E-state index in [4.69, 9.17) is 18.7 Å². The van der Waals surface area contributed by atoms with E-state index in [2.05, 4.69) is 15.5 Å². The number of aromatic nitrogens is 2. The first-order chi connectivity index (χ1) is 13.1. The maximum Gasteiger partial charge on any atom is 0.255 e. The van der Waals surface area contributed by atoms with Crippen LogP contribution in [0.1, 0.15) is 22.1 Å². The average molecular weight is 369 g/mol. The molecule has 0 atom stereocenters. The van der Waals surface area contributed by atoms with Crippen molar-refractivity contribution in [2.45, 2.75) is 13.5 Å². The van der Waals surface area contributed by atoms with Gasteiger partial charge in [-0.2, -0.15) is 4.98 Å². The highest BCUT2D eigenvalue weighted by Crippen LogP contribution is 2.26. The summed E-state index contributed by atoms with van der Waals surface area (Å²) < 4.78 is 20.9. The summed E-state index contributed by atoms with van der Waals surface area (Å²) in [7, 11) is 3.10. The van der Waals surface area contributed by atoms with Gasteiger partial charge in [-0.25, -0.2) is 0 Å². The summed E-state index contributed by atoms with van der Waals surface area (Å²) in [5, 5.41) is 6.57. The number of hydrogen-bond acceptors (Lipinski definition) is 7. The second-order valence-electron chi connectivity index (χ2n) is 5.60. The molecule has 0 unspecified atom stereocenters. The SMILES string of the molecule is COc1cc(NC(=O)c2ccc(OCc3noc(C)n3)cc2)cc(OC)c1. The molecule has 3 rings (SSSR count). The molecule has 0 saturated heterocycles. The number of nitrogens with one attached hydrogen (secondary N) is 1. The summed E-state index contributed by atoms with van der Waals surface area (Å²) >= 11 is 0. The Morgan fingerprint density at radius 1 is 1.04 bits per heavy atom. The molecule has 8 nitrogen and oxygen atoms in total. The van der Waals surface area contributed by atoms with Crippen LogP contribution < -0.4 is 19.5 Å². The van der Waals surface area contributed by atoms with Gasteiger partial charge in [0.05, 0.1) is 14.2 Å². The van der Waals surface area contributed by atoms with Gasteiger partial charge < -0.3 is 24.1 Å². The molecule has 1 N–H and O–H groups in total. The number of benzene rings is 2. The number of carbonyl (C=O) groups is 1. The molecule has 0 fully saturated rings. The summed E-state index contributed by atoms with van der Waals surface area (Å²) in [5.41, 5.74) is 1.06. The van der Waals surface area contributed by atoms with E-state index < -0.39 is 0 Å². The molecule has 27 heavy (non-hydrogen) atoms. The van der Waals surface area contributed by atoms with Gasteiger partial charge in [0.25, 0.3) is 5.91 Å². The van der Waals surface area contributed by atoms with Crippen molar-refractivity contribution in [2.75, 3.05) is 19.5 Å². The second-order valence-corrected chi connectivity index (χ2v) is 5.60. The third-order valence-electron chi connectivity index (χ3n) is 3.66. The minimum Gasteiger partial charge on any atom is -0.497 e. The molecule has 8 heteroatoms. The lowest BCUT2D eigenvalue weighted by Gasteiger charge is -2.10. The smallest absolute Gasteiger partial charge is 0.255 e. The zero-order chi connectivity index (χ0) is 19.2. The van der Waals surface area contributed by atoms with Gasteiger partial charge in [0.1, 0.15) is 17.2 Å². The molecule has 1 heterocycles. The normalized spacial score (nSPS) is 10.3. The van der Waals surface area contributed by atoms with Crippen LogP contribution in [0.25, 0.3) is 0 Å². The number of hydrogen-bond donors (Lipinski definition) is 1. The van der Waals surface area contributed by atoms with Crippen LogP contribution in [-0.2, 0) is 6.61 Å². The lowest BCUT2D eigenvalue weighted by atomic mass is 10.2. The largest absolute Gasteiger partial charge is 0.497 e. The molecule has 2 aromatic carbocycles. The Bertz CT molecular complexity index is 899. The van der Waals surface area contributed by atoms with E-state index in [-0.39, 0.29) is 12.5 Å². The number of rotatable bonds is 7. The lowest BCUT2D eigenvalue weighted by Crippen LogP contribution is -2.12. The Kier molecular flexibility index (Phi) is 5.55. The van der Waals surface area contributed by atoms with Crippen LogP contribution in [0.4, 0.5) is 5.69 Å². The molecule has 0 aliphatic rings. The number of anilines is 1. The zero-order valence-corrected chi connectivity index (χ0v) is 15.2. The van der Waals surface area contributed by atoms with Crippen molar-refractivity contribution in [3.8, 4) is 17.2 Å². The fraction of sp³-hybridized carbons (Fsp3) is 0.211. The van der Waals surface area contributed by atoms with Gasteiger partial charge in [-0.3, -0.25) is 4.79 Å². The molecule has 0 aliphatic carbocycles. The van der Waals surface area contributed by atoms with Crippen molar-refractivity contribution in [1.29, 1.82) is 0 Å². The third-order valence-corrected chi connectivity index (χ3v) is 3.66. The fourth-order valence-corrected chi connectivity index (χ4v) is 2.33. The summed E-state index contributed by atoms with van der Waals surface area (Å²) in [6.07, 6.45) is 0. The third kappa shape index (κ3) is 4.75. The number of ether oxygens (including phenoxy) is 3. The van der Waals surface area contributed by atoms with Crippen molar-refractivity contribution < 1.29 is 23.5 Å². The molecular weight excluding hydrogens is 350 g/mol. The van der Waals surface area contributed by atoms with Gasteiger partial charge in [-0.1, -0.05) is 5.16 Å². The van der Waals surface area contributed by atoms with Crippen LogP contribution in [-0.4, -0.2) is 30.3 Å². The van der Waals surface area contributed by atoms with E-state index >= 15 is 0 Å². The van der Waals surface area contributed by atoms with Gasteiger partial charge in [0.15, 0.2) is 6.61 Å². The van der Waals surface area contributed by atoms with Gasteiger partial charge in [0, 0.05) is 36.4 Å². The first kappa shape index (κ1) is 18.2. The average Bonchev–Trinajstić information content (AvgIpc) is 3.11. The molecule has 0 bridgehead atoms. The van der Waals surface area contributed by atoms with E-state index in [0.29, 0.717) is 40.2 Å². The van der Waals surface area contributed by atoms with E-state index in [9.17, 15) is 4.79 Å². The maximum absolute atomic E-state index is 12.4. The second kappa shape index (κ2) is 8.22. The molecule has 0 radical (unpaired) electrons. The van der Waals surface area contributed by atoms with Crippen molar-refractivity contribution >= 4 is 11.6 Å². The van der Waals surface area contributed by atoms with Gasteiger partial charge in [-0.05, 0) is 24.3 Å². The molecule has 0 aliphatic heterocycles. The summed E-state index contributed by atoms with van der Waals surface area (Å²) in [6, 6.07) is 11.9. The Labute approximate surface area is 156 Å². The molecule has 0 saturated carbocycles. The number of nitrogens with zero attached hydrogens (tertiary/aromatic N) is 2. The minimum atomic E-state index is -0.259. The molecule has 140 valence electrons. The van der Waals surface area contributed by atoms with E-state index in [0.717, 1.165) is 0 Å². The highest BCUT2D eigenvalue weighted by molar-refractivity contribution is 6.04. The Morgan fingerprint density at radius 3 is 2.26 bits per heavy atom. The monoisotopic (exact) mass is 369 g/mol. The minimum absolute atomic E-state index is 0.187. The van der Waals surface area contributed by atoms with Crippen LogP contribution in [0.15, 0.2) is 47.0 Å². The Balaban J connectivity index is 1.63. The zero-order valence-electron chi connectivity index (χ0n) is 15.2.